The molecule has 1 saturated carbocycles. The number of aliphatic hydroxyl groups is 1. The van der Waals surface area contributed by atoms with Gasteiger partial charge in [0.05, 0.1) is 29.0 Å². The van der Waals surface area contributed by atoms with Crippen LogP contribution in [0.25, 0.3) is 22.3 Å². The van der Waals surface area contributed by atoms with Crippen LogP contribution >= 0.6 is 0 Å². The fraction of sp³-hybridized carbons (Fsp3) is 0.263. The number of hydrogen-bond acceptors (Lipinski definition) is 4. The number of aromatic nitrogens is 2. The van der Waals surface area contributed by atoms with Gasteiger partial charge in [0.15, 0.2) is 0 Å². The quantitative estimate of drug-likeness (QED) is 0.784. The van der Waals surface area contributed by atoms with E-state index in [0.717, 1.165) is 40.9 Å². The second-order valence-corrected chi connectivity index (χ2v) is 5.98. The molecule has 1 atom stereocenters. The first-order chi connectivity index (χ1) is 11.3. The van der Waals surface area contributed by atoms with Gasteiger partial charge in [-0.15, -0.1) is 0 Å². The maximum Gasteiger partial charge on any atom is 0.119 e. The maximum absolute atomic E-state index is 9.84. The zero-order chi connectivity index (χ0) is 15.6. The lowest BCUT2D eigenvalue weighted by Crippen LogP contribution is -2.19. The topological polar surface area (TPSA) is 55.2 Å². The highest BCUT2D eigenvalue weighted by molar-refractivity contribution is 5.76. The number of ether oxygens (including phenoxy) is 1. The normalized spacial score (nSPS) is 15.5. The summed E-state index contributed by atoms with van der Waals surface area (Å²) in [6.45, 7) is 0.361. The zero-order valence-electron chi connectivity index (χ0n) is 12.7. The molecule has 1 N–H and O–H groups in total. The minimum Gasteiger partial charge on any atom is -0.491 e. The molecule has 0 aliphatic heterocycles. The Morgan fingerprint density at radius 2 is 1.78 bits per heavy atom. The number of aliphatic hydroxyl groups excluding tert-OH is 1. The highest BCUT2D eigenvalue weighted by Crippen LogP contribution is 2.32. The Labute approximate surface area is 134 Å². The Hall–Kier alpha value is -2.46. The summed E-state index contributed by atoms with van der Waals surface area (Å²) in [5.74, 6) is 1.20. The van der Waals surface area contributed by atoms with Crippen LogP contribution in [0.1, 0.15) is 12.8 Å². The molecule has 0 amide bonds. The van der Waals surface area contributed by atoms with Crippen LogP contribution in [-0.2, 0) is 0 Å². The number of benzene rings is 2. The minimum atomic E-state index is -0.346. The largest absolute Gasteiger partial charge is 0.491 e. The number of para-hydroxylation sites is 2. The molecule has 2 aromatic carbocycles. The third-order valence-electron chi connectivity index (χ3n) is 4.19. The Balaban J connectivity index is 1.49. The second-order valence-electron chi connectivity index (χ2n) is 5.98. The van der Waals surface area contributed by atoms with E-state index in [4.69, 9.17) is 4.74 Å². The van der Waals surface area contributed by atoms with Crippen molar-refractivity contribution in [2.24, 2.45) is 5.92 Å². The average molecular weight is 306 g/mol. The zero-order valence-corrected chi connectivity index (χ0v) is 12.7. The smallest absolute Gasteiger partial charge is 0.119 e. The molecule has 1 aliphatic carbocycles. The van der Waals surface area contributed by atoms with Crippen LogP contribution in [0.2, 0.25) is 0 Å². The number of nitrogens with zero attached hydrogens (tertiary/aromatic N) is 2. The second kappa shape index (κ2) is 5.97. The fourth-order valence-electron chi connectivity index (χ4n) is 2.62. The van der Waals surface area contributed by atoms with Gasteiger partial charge in [-0.05, 0) is 55.2 Å². The van der Waals surface area contributed by atoms with E-state index in [9.17, 15) is 5.11 Å². The molecule has 1 aromatic heterocycles. The molecule has 1 aliphatic rings. The molecule has 4 nitrogen and oxygen atoms in total. The van der Waals surface area contributed by atoms with E-state index >= 15 is 0 Å². The summed E-state index contributed by atoms with van der Waals surface area (Å²) < 4.78 is 5.64. The molecule has 3 aromatic rings. The molecule has 0 bridgehead atoms. The van der Waals surface area contributed by atoms with Crippen molar-refractivity contribution >= 4 is 11.0 Å². The lowest BCUT2D eigenvalue weighted by Gasteiger charge is -2.11. The van der Waals surface area contributed by atoms with Gasteiger partial charge in [0.1, 0.15) is 12.4 Å². The number of fused-ring (bicyclic) bond motifs is 1. The van der Waals surface area contributed by atoms with Crippen molar-refractivity contribution in [1.82, 2.24) is 9.97 Å². The highest BCUT2D eigenvalue weighted by Gasteiger charge is 2.29. The monoisotopic (exact) mass is 306 g/mol. The van der Waals surface area contributed by atoms with E-state index in [0.29, 0.717) is 12.5 Å². The van der Waals surface area contributed by atoms with E-state index in [-0.39, 0.29) is 6.10 Å². The molecular formula is C19H18N2O2. The van der Waals surface area contributed by atoms with Crippen molar-refractivity contribution in [2.75, 3.05) is 6.61 Å². The van der Waals surface area contributed by atoms with Gasteiger partial charge in [-0.1, -0.05) is 12.1 Å². The minimum absolute atomic E-state index is 0.346. The van der Waals surface area contributed by atoms with Crippen LogP contribution in [0.15, 0.2) is 54.7 Å². The van der Waals surface area contributed by atoms with Crippen molar-refractivity contribution in [2.45, 2.75) is 18.9 Å². The van der Waals surface area contributed by atoms with Crippen molar-refractivity contribution in [1.29, 1.82) is 0 Å². The van der Waals surface area contributed by atoms with Gasteiger partial charge in [0.2, 0.25) is 0 Å². The molecule has 0 spiro atoms. The summed E-state index contributed by atoms with van der Waals surface area (Å²) in [5.41, 5.74) is 3.62. The van der Waals surface area contributed by atoms with Gasteiger partial charge >= 0.3 is 0 Å². The first kappa shape index (κ1) is 14.2. The lowest BCUT2D eigenvalue weighted by molar-refractivity contribution is 0.0894. The van der Waals surface area contributed by atoms with Gasteiger partial charge in [-0.3, -0.25) is 4.98 Å². The van der Waals surface area contributed by atoms with Crippen LogP contribution < -0.4 is 4.74 Å². The Morgan fingerprint density at radius 3 is 2.52 bits per heavy atom. The Kier molecular flexibility index (Phi) is 3.67. The first-order valence-corrected chi connectivity index (χ1v) is 7.93. The standard InChI is InChI=1S/C19H18N2O2/c22-19(14-5-6-14)12-23-15-9-7-13(8-10-15)18-11-20-16-3-1-2-4-17(16)21-18/h1-4,7-11,14,19,22H,5-6,12H2. The molecule has 1 fully saturated rings. The fourth-order valence-corrected chi connectivity index (χ4v) is 2.62. The average Bonchev–Trinajstić information content (AvgIpc) is 3.45. The van der Waals surface area contributed by atoms with E-state index in [1.165, 1.54) is 0 Å². The molecule has 4 rings (SSSR count). The van der Waals surface area contributed by atoms with E-state index < -0.39 is 0 Å². The first-order valence-electron chi connectivity index (χ1n) is 7.93. The van der Waals surface area contributed by atoms with Crippen LogP contribution in [0.4, 0.5) is 0 Å². The van der Waals surface area contributed by atoms with E-state index in [1.54, 1.807) is 6.20 Å². The summed E-state index contributed by atoms with van der Waals surface area (Å²) >= 11 is 0. The summed E-state index contributed by atoms with van der Waals surface area (Å²) in [6, 6.07) is 15.6. The molecular weight excluding hydrogens is 288 g/mol. The predicted octanol–water partition coefficient (Wildman–Crippen LogP) is 3.45. The van der Waals surface area contributed by atoms with Gasteiger partial charge in [-0.2, -0.15) is 0 Å². The van der Waals surface area contributed by atoms with Gasteiger partial charge in [0.25, 0.3) is 0 Å². The van der Waals surface area contributed by atoms with E-state index in [2.05, 4.69) is 9.97 Å². The Bertz CT molecular complexity index is 813. The molecule has 1 unspecified atom stereocenters. The summed E-state index contributed by atoms with van der Waals surface area (Å²) in [6.07, 6.45) is 3.67. The molecule has 4 heteroatoms. The third kappa shape index (κ3) is 3.17. The summed E-state index contributed by atoms with van der Waals surface area (Å²) in [4.78, 5) is 9.08. The summed E-state index contributed by atoms with van der Waals surface area (Å²) in [5, 5.41) is 9.84. The number of hydrogen-bond donors (Lipinski definition) is 1. The van der Waals surface area contributed by atoms with Crippen LogP contribution in [-0.4, -0.2) is 27.8 Å². The third-order valence-corrected chi connectivity index (χ3v) is 4.19. The lowest BCUT2D eigenvalue weighted by atomic mass is 10.1. The van der Waals surface area contributed by atoms with E-state index in [1.807, 2.05) is 48.5 Å². The molecule has 1 heterocycles. The molecule has 0 radical (unpaired) electrons. The Morgan fingerprint density at radius 1 is 1.04 bits per heavy atom. The predicted molar refractivity (Wildman–Crippen MR) is 89.2 cm³/mol. The molecule has 116 valence electrons. The molecule has 23 heavy (non-hydrogen) atoms. The van der Waals surface area contributed by atoms with Crippen molar-refractivity contribution in [3.8, 4) is 17.0 Å². The van der Waals surface area contributed by atoms with Crippen molar-refractivity contribution in [3.63, 3.8) is 0 Å². The molecule has 0 saturated heterocycles. The van der Waals surface area contributed by atoms with Crippen LogP contribution in [0, 0.1) is 5.92 Å². The maximum atomic E-state index is 9.84. The SMILES string of the molecule is OC(COc1ccc(-c2cnc3ccccc3n2)cc1)C1CC1. The van der Waals surface area contributed by atoms with Gasteiger partial charge in [-0.25, -0.2) is 4.98 Å². The van der Waals surface area contributed by atoms with Crippen molar-refractivity contribution < 1.29 is 9.84 Å². The number of rotatable bonds is 5. The van der Waals surface area contributed by atoms with Crippen molar-refractivity contribution in [3.05, 3.63) is 54.7 Å². The summed E-state index contributed by atoms with van der Waals surface area (Å²) in [7, 11) is 0. The highest BCUT2D eigenvalue weighted by atomic mass is 16.5. The van der Waals surface area contributed by atoms with Gasteiger partial charge < -0.3 is 9.84 Å². The van der Waals surface area contributed by atoms with Crippen LogP contribution in [0.5, 0.6) is 5.75 Å². The van der Waals surface area contributed by atoms with Gasteiger partial charge in [0, 0.05) is 5.56 Å². The van der Waals surface area contributed by atoms with Crippen LogP contribution in [0.3, 0.4) is 0 Å².